The number of halogens is 1. The van der Waals surface area contributed by atoms with Gasteiger partial charge in [-0.2, -0.15) is 4.39 Å². The molecule has 1 amide bonds. The standard InChI is InChI=1S/C13H16FN3O/c14-12-7-10(3-5-15-12)17-6-4-11-9(8-17)1-2-13(18)16-11/h3,5,7,9,11H,1-2,4,6,8H2,(H,16,18). The molecule has 3 rings (SSSR count). The van der Waals surface area contributed by atoms with Crippen LogP contribution in [0.5, 0.6) is 0 Å². The summed E-state index contributed by atoms with van der Waals surface area (Å²) >= 11 is 0. The number of nitrogens with zero attached hydrogens (tertiary/aromatic N) is 2. The van der Waals surface area contributed by atoms with E-state index in [1.165, 1.54) is 12.3 Å². The minimum absolute atomic E-state index is 0.166. The maximum Gasteiger partial charge on any atom is 0.220 e. The van der Waals surface area contributed by atoms with Crippen LogP contribution in [0.25, 0.3) is 0 Å². The molecule has 1 aromatic heterocycles. The van der Waals surface area contributed by atoms with Gasteiger partial charge < -0.3 is 10.2 Å². The highest BCUT2D eigenvalue weighted by Crippen LogP contribution is 2.28. The summed E-state index contributed by atoms with van der Waals surface area (Å²) in [7, 11) is 0. The lowest BCUT2D eigenvalue weighted by Crippen LogP contribution is -2.54. The lowest BCUT2D eigenvalue weighted by molar-refractivity contribution is -0.124. The van der Waals surface area contributed by atoms with Crippen LogP contribution in [-0.2, 0) is 4.79 Å². The molecule has 2 saturated heterocycles. The fraction of sp³-hybridized carbons (Fsp3) is 0.538. The highest BCUT2D eigenvalue weighted by Gasteiger charge is 2.33. The molecular weight excluding hydrogens is 233 g/mol. The van der Waals surface area contributed by atoms with Crippen molar-refractivity contribution in [1.82, 2.24) is 10.3 Å². The molecule has 2 atom stereocenters. The van der Waals surface area contributed by atoms with Crippen LogP contribution in [0.3, 0.4) is 0 Å². The molecule has 2 unspecified atom stereocenters. The fourth-order valence-corrected chi connectivity index (χ4v) is 2.93. The molecule has 0 bridgehead atoms. The first-order chi connectivity index (χ1) is 8.72. The molecule has 0 aliphatic carbocycles. The number of pyridine rings is 1. The van der Waals surface area contributed by atoms with Gasteiger partial charge in [-0.25, -0.2) is 4.98 Å². The molecule has 96 valence electrons. The smallest absolute Gasteiger partial charge is 0.220 e. The van der Waals surface area contributed by atoms with Gasteiger partial charge in [0.1, 0.15) is 0 Å². The molecule has 2 aliphatic heterocycles. The van der Waals surface area contributed by atoms with Gasteiger partial charge in [0.2, 0.25) is 11.9 Å². The van der Waals surface area contributed by atoms with Crippen molar-refractivity contribution in [2.24, 2.45) is 5.92 Å². The van der Waals surface area contributed by atoms with Gasteiger partial charge in [0.25, 0.3) is 0 Å². The normalized spacial score (nSPS) is 27.6. The number of aromatic nitrogens is 1. The molecule has 18 heavy (non-hydrogen) atoms. The van der Waals surface area contributed by atoms with E-state index in [-0.39, 0.29) is 5.91 Å². The quantitative estimate of drug-likeness (QED) is 0.764. The van der Waals surface area contributed by atoms with Crippen molar-refractivity contribution in [3.8, 4) is 0 Å². The Morgan fingerprint density at radius 1 is 1.44 bits per heavy atom. The highest BCUT2D eigenvalue weighted by atomic mass is 19.1. The van der Waals surface area contributed by atoms with E-state index in [1.54, 1.807) is 0 Å². The highest BCUT2D eigenvalue weighted by molar-refractivity contribution is 5.77. The zero-order valence-corrected chi connectivity index (χ0v) is 10.1. The Morgan fingerprint density at radius 3 is 3.17 bits per heavy atom. The molecule has 5 heteroatoms. The largest absolute Gasteiger partial charge is 0.371 e. The van der Waals surface area contributed by atoms with Crippen LogP contribution >= 0.6 is 0 Å². The summed E-state index contributed by atoms with van der Waals surface area (Å²) in [5.74, 6) is 0.207. The summed E-state index contributed by atoms with van der Waals surface area (Å²) in [4.78, 5) is 17.1. The average Bonchev–Trinajstić information content (AvgIpc) is 2.38. The van der Waals surface area contributed by atoms with Crippen LogP contribution in [0.1, 0.15) is 19.3 Å². The molecular formula is C13H16FN3O. The summed E-state index contributed by atoms with van der Waals surface area (Å²) in [5, 5.41) is 3.05. The van der Waals surface area contributed by atoms with Crippen molar-refractivity contribution < 1.29 is 9.18 Å². The van der Waals surface area contributed by atoms with Crippen LogP contribution in [-0.4, -0.2) is 30.0 Å². The van der Waals surface area contributed by atoms with E-state index < -0.39 is 5.95 Å². The molecule has 3 heterocycles. The fourth-order valence-electron chi connectivity index (χ4n) is 2.93. The van der Waals surface area contributed by atoms with E-state index in [0.717, 1.165) is 31.6 Å². The lowest BCUT2D eigenvalue weighted by Gasteiger charge is -2.42. The second kappa shape index (κ2) is 4.55. The molecule has 2 fully saturated rings. The molecule has 1 aromatic rings. The Labute approximate surface area is 105 Å². The molecule has 0 aromatic carbocycles. The van der Waals surface area contributed by atoms with Crippen LogP contribution < -0.4 is 10.2 Å². The molecule has 0 saturated carbocycles. The molecule has 0 radical (unpaired) electrons. The first kappa shape index (κ1) is 11.4. The summed E-state index contributed by atoms with van der Waals surface area (Å²) in [6.07, 6.45) is 3.97. The third kappa shape index (κ3) is 2.17. The Kier molecular flexibility index (Phi) is 2.89. The average molecular weight is 249 g/mol. The van der Waals surface area contributed by atoms with Crippen LogP contribution in [0, 0.1) is 11.9 Å². The van der Waals surface area contributed by atoms with E-state index in [0.29, 0.717) is 18.4 Å². The molecule has 2 aliphatic rings. The number of amides is 1. The first-order valence-electron chi connectivity index (χ1n) is 6.38. The zero-order chi connectivity index (χ0) is 12.5. The predicted molar refractivity (Wildman–Crippen MR) is 65.7 cm³/mol. The number of fused-ring (bicyclic) bond motifs is 1. The van der Waals surface area contributed by atoms with Gasteiger partial charge in [-0.15, -0.1) is 0 Å². The van der Waals surface area contributed by atoms with Gasteiger partial charge in [-0.3, -0.25) is 4.79 Å². The monoisotopic (exact) mass is 249 g/mol. The Morgan fingerprint density at radius 2 is 2.33 bits per heavy atom. The number of hydrogen-bond acceptors (Lipinski definition) is 3. The number of carbonyl (C=O) groups is 1. The van der Waals surface area contributed by atoms with Crippen LogP contribution in [0.15, 0.2) is 18.3 Å². The maximum atomic E-state index is 13.1. The predicted octanol–water partition coefficient (Wildman–Crippen LogP) is 1.33. The number of piperidine rings is 2. The third-order valence-electron chi connectivity index (χ3n) is 3.90. The van der Waals surface area contributed by atoms with Crippen molar-refractivity contribution in [3.05, 3.63) is 24.3 Å². The van der Waals surface area contributed by atoms with E-state index >= 15 is 0 Å². The van der Waals surface area contributed by atoms with Crippen LogP contribution in [0.2, 0.25) is 0 Å². The Bertz CT molecular complexity index is 465. The Hall–Kier alpha value is -1.65. The summed E-state index contributed by atoms with van der Waals surface area (Å²) in [5.41, 5.74) is 0.887. The first-order valence-corrected chi connectivity index (χ1v) is 6.38. The third-order valence-corrected chi connectivity index (χ3v) is 3.90. The van der Waals surface area contributed by atoms with E-state index in [9.17, 15) is 9.18 Å². The zero-order valence-electron chi connectivity index (χ0n) is 10.1. The van der Waals surface area contributed by atoms with E-state index in [1.807, 2.05) is 6.07 Å². The number of anilines is 1. The van der Waals surface area contributed by atoms with Gasteiger partial charge in [0.15, 0.2) is 0 Å². The van der Waals surface area contributed by atoms with Gasteiger partial charge in [0, 0.05) is 43.5 Å². The van der Waals surface area contributed by atoms with Crippen molar-refractivity contribution in [2.45, 2.75) is 25.3 Å². The second-order valence-electron chi connectivity index (χ2n) is 5.04. The second-order valence-corrected chi connectivity index (χ2v) is 5.04. The van der Waals surface area contributed by atoms with Crippen molar-refractivity contribution >= 4 is 11.6 Å². The molecule has 4 nitrogen and oxygen atoms in total. The van der Waals surface area contributed by atoms with E-state index in [2.05, 4.69) is 15.2 Å². The van der Waals surface area contributed by atoms with Gasteiger partial charge in [-0.05, 0) is 24.8 Å². The number of nitrogens with one attached hydrogen (secondary N) is 1. The minimum atomic E-state index is -0.438. The SMILES string of the molecule is O=C1CCC2CN(c3ccnc(F)c3)CCC2N1. The van der Waals surface area contributed by atoms with Crippen LogP contribution in [0.4, 0.5) is 10.1 Å². The van der Waals surface area contributed by atoms with E-state index in [4.69, 9.17) is 0 Å². The number of hydrogen-bond donors (Lipinski definition) is 1. The Balaban J connectivity index is 1.72. The maximum absolute atomic E-state index is 13.1. The lowest BCUT2D eigenvalue weighted by atomic mass is 9.85. The number of rotatable bonds is 1. The van der Waals surface area contributed by atoms with Crippen molar-refractivity contribution in [1.29, 1.82) is 0 Å². The van der Waals surface area contributed by atoms with Crippen molar-refractivity contribution in [2.75, 3.05) is 18.0 Å². The minimum Gasteiger partial charge on any atom is -0.371 e. The van der Waals surface area contributed by atoms with Gasteiger partial charge >= 0.3 is 0 Å². The summed E-state index contributed by atoms with van der Waals surface area (Å²) < 4.78 is 13.1. The summed E-state index contributed by atoms with van der Waals surface area (Å²) in [6.45, 7) is 1.74. The number of carbonyl (C=O) groups excluding carboxylic acids is 1. The summed E-state index contributed by atoms with van der Waals surface area (Å²) in [6, 6.07) is 3.61. The molecule has 1 N–H and O–H groups in total. The molecule has 0 spiro atoms. The van der Waals surface area contributed by atoms with Gasteiger partial charge in [-0.1, -0.05) is 0 Å². The van der Waals surface area contributed by atoms with Gasteiger partial charge in [0.05, 0.1) is 0 Å². The van der Waals surface area contributed by atoms with Crippen molar-refractivity contribution in [3.63, 3.8) is 0 Å². The topological polar surface area (TPSA) is 45.2 Å².